The van der Waals surface area contributed by atoms with Crippen molar-refractivity contribution in [3.8, 4) is 0 Å². The Morgan fingerprint density at radius 1 is 1.29 bits per heavy atom. The topological polar surface area (TPSA) is 52.6 Å². The van der Waals surface area contributed by atoms with E-state index >= 15 is 0 Å². The summed E-state index contributed by atoms with van der Waals surface area (Å²) in [6.45, 7) is 10.8. The minimum absolute atomic E-state index is 0.0171. The van der Waals surface area contributed by atoms with E-state index < -0.39 is 0 Å². The van der Waals surface area contributed by atoms with Gasteiger partial charge >= 0.3 is 6.03 Å². The second kappa shape index (κ2) is 8.02. The Morgan fingerprint density at radius 3 is 2.54 bits per heavy atom. The molecular formula is C20H32N2O2. The first-order chi connectivity index (χ1) is 11.3. The minimum atomic E-state index is -0.293. The van der Waals surface area contributed by atoms with Crippen LogP contribution in [-0.4, -0.2) is 42.3 Å². The molecule has 1 aliphatic rings. The first-order valence-corrected chi connectivity index (χ1v) is 9.03. The van der Waals surface area contributed by atoms with E-state index in [4.69, 9.17) is 0 Å². The number of benzene rings is 1. The van der Waals surface area contributed by atoms with Crippen molar-refractivity contribution in [3.05, 3.63) is 35.9 Å². The fourth-order valence-electron chi connectivity index (χ4n) is 3.39. The average Bonchev–Trinajstić information content (AvgIpc) is 2.58. The number of nitrogens with zero attached hydrogens (tertiary/aromatic N) is 1. The average molecular weight is 332 g/mol. The second-order valence-corrected chi connectivity index (χ2v) is 7.99. The molecule has 134 valence electrons. The van der Waals surface area contributed by atoms with E-state index in [0.717, 1.165) is 25.1 Å². The van der Waals surface area contributed by atoms with Gasteiger partial charge in [-0.2, -0.15) is 0 Å². The number of carbonyl (C=O) groups excluding carboxylic acids is 1. The van der Waals surface area contributed by atoms with E-state index in [0.29, 0.717) is 18.4 Å². The Bertz CT molecular complexity index is 530. The summed E-state index contributed by atoms with van der Waals surface area (Å²) in [5.74, 6) is 1.30. The molecule has 3 unspecified atom stereocenters. The highest BCUT2D eigenvalue weighted by molar-refractivity contribution is 5.74. The van der Waals surface area contributed by atoms with Crippen LogP contribution < -0.4 is 5.32 Å². The van der Waals surface area contributed by atoms with Gasteiger partial charge in [0.2, 0.25) is 0 Å². The lowest BCUT2D eigenvalue weighted by atomic mass is 9.75. The summed E-state index contributed by atoms with van der Waals surface area (Å²) < 4.78 is 0. The number of piperidine rings is 1. The minimum Gasteiger partial charge on any atom is -0.396 e. The number of carbonyl (C=O) groups is 1. The summed E-state index contributed by atoms with van der Waals surface area (Å²) in [6.07, 6.45) is 1.07. The standard InChI is InChI=1S/C20H32N2O2/c1-15-10-11-22(13-16(15)2)19(24)21-12-18(20(3,4)14-23)17-8-6-5-7-9-17/h5-9,15-16,18,23H,10-14H2,1-4H3,(H,21,24). The Hall–Kier alpha value is -1.55. The van der Waals surface area contributed by atoms with Crippen molar-refractivity contribution < 1.29 is 9.90 Å². The molecule has 1 heterocycles. The smallest absolute Gasteiger partial charge is 0.317 e. The molecule has 1 saturated heterocycles. The molecule has 2 rings (SSSR count). The quantitative estimate of drug-likeness (QED) is 0.867. The first kappa shape index (κ1) is 18.8. The van der Waals surface area contributed by atoms with Crippen LogP contribution in [-0.2, 0) is 0 Å². The number of amides is 2. The molecule has 2 amide bonds. The van der Waals surface area contributed by atoms with Gasteiger partial charge in [0.05, 0.1) is 0 Å². The molecular weight excluding hydrogens is 300 g/mol. The van der Waals surface area contributed by atoms with Crippen molar-refractivity contribution >= 4 is 6.03 Å². The highest BCUT2D eigenvalue weighted by atomic mass is 16.3. The maximum absolute atomic E-state index is 12.6. The van der Waals surface area contributed by atoms with Crippen molar-refractivity contribution in [2.75, 3.05) is 26.2 Å². The second-order valence-electron chi connectivity index (χ2n) is 7.99. The summed E-state index contributed by atoms with van der Waals surface area (Å²) in [4.78, 5) is 14.5. The zero-order chi connectivity index (χ0) is 17.7. The number of hydrogen-bond donors (Lipinski definition) is 2. The van der Waals surface area contributed by atoms with Gasteiger partial charge in [-0.15, -0.1) is 0 Å². The van der Waals surface area contributed by atoms with Crippen LogP contribution in [0.3, 0.4) is 0 Å². The maximum Gasteiger partial charge on any atom is 0.317 e. The van der Waals surface area contributed by atoms with Crippen molar-refractivity contribution in [2.45, 2.75) is 40.0 Å². The lowest BCUT2D eigenvalue weighted by Crippen LogP contribution is -2.48. The largest absolute Gasteiger partial charge is 0.396 e. The molecule has 1 aromatic carbocycles. The predicted molar refractivity (Wildman–Crippen MR) is 98.0 cm³/mol. The predicted octanol–water partition coefficient (Wildman–Crippen LogP) is 3.48. The van der Waals surface area contributed by atoms with E-state index in [-0.39, 0.29) is 24.0 Å². The Morgan fingerprint density at radius 2 is 1.96 bits per heavy atom. The molecule has 3 atom stereocenters. The summed E-state index contributed by atoms with van der Waals surface area (Å²) in [7, 11) is 0. The highest BCUT2D eigenvalue weighted by Crippen LogP contribution is 2.34. The molecule has 24 heavy (non-hydrogen) atoms. The van der Waals surface area contributed by atoms with Crippen molar-refractivity contribution in [1.29, 1.82) is 0 Å². The summed E-state index contributed by atoms with van der Waals surface area (Å²) >= 11 is 0. The molecule has 1 fully saturated rings. The number of nitrogens with one attached hydrogen (secondary N) is 1. The molecule has 0 spiro atoms. The summed E-state index contributed by atoms with van der Waals surface area (Å²) in [6, 6.07) is 10.2. The van der Waals surface area contributed by atoms with Crippen molar-refractivity contribution in [2.24, 2.45) is 17.3 Å². The van der Waals surface area contributed by atoms with Crippen molar-refractivity contribution in [1.82, 2.24) is 10.2 Å². The van der Waals surface area contributed by atoms with Crippen LogP contribution in [0, 0.1) is 17.3 Å². The van der Waals surface area contributed by atoms with Gasteiger partial charge in [0.15, 0.2) is 0 Å². The van der Waals surface area contributed by atoms with E-state index in [2.05, 4.69) is 31.3 Å². The highest BCUT2D eigenvalue weighted by Gasteiger charge is 2.32. The Balaban J connectivity index is 2.01. The monoisotopic (exact) mass is 332 g/mol. The van der Waals surface area contributed by atoms with Gasteiger partial charge in [0.25, 0.3) is 0 Å². The van der Waals surface area contributed by atoms with Crippen LogP contribution in [0.5, 0.6) is 0 Å². The van der Waals surface area contributed by atoms with Crippen LogP contribution in [0.4, 0.5) is 4.79 Å². The van der Waals surface area contributed by atoms with Gasteiger partial charge in [0.1, 0.15) is 0 Å². The number of aliphatic hydroxyl groups excluding tert-OH is 1. The Kier molecular flexibility index (Phi) is 6.27. The van der Waals surface area contributed by atoms with Gasteiger partial charge in [0, 0.05) is 32.2 Å². The lowest BCUT2D eigenvalue weighted by molar-refractivity contribution is 0.122. The maximum atomic E-state index is 12.6. The normalized spacial score (nSPS) is 23.0. The number of likely N-dealkylation sites (tertiary alicyclic amines) is 1. The van der Waals surface area contributed by atoms with Crippen LogP contribution in [0.2, 0.25) is 0 Å². The molecule has 2 N–H and O–H groups in total. The first-order valence-electron chi connectivity index (χ1n) is 9.03. The fourth-order valence-corrected chi connectivity index (χ4v) is 3.39. The number of rotatable bonds is 5. The third-order valence-electron chi connectivity index (χ3n) is 5.63. The van der Waals surface area contributed by atoms with Gasteiger partial charge < -0.3 is 15.3 Å². The zero-order valence-corrected chi connectivity index (χ0v) is 15.5. The summed E-state index contributed by atoms with van der Waals surface area (Å²) in [5.41, 5.74) is 0.857. The van der Waals surface area contributed by atoms with E-state index in [1.807, 2.05) is 36.9 Å². The SMILES string of the molecule is CC1CCN(C(=O)NCC(c2ccccc2)C(C)(C)CO)CC1C. The van der Waals surface area contributed by atoms with Crippen molar-refractivity contribution in [3.63, 3.8) is 0 Å². The molecule has 1 aliphatic heterocycles. The molecule has 0 bridgehead atoms. The molecule has 0 radical (unpaired) electrons. The number of aliphatic hydroxyl groups is 1. The zero-order valence-electron chi connectivity index (χ0n) is 15.5. The van der Waals surface area contributed by atoms with Gasteiger partial charge in [-0.25, -0.2) is 4.79 Å². The van der Waals surface area contributed by atoms with Gasteiger partial charge in [-0.3, -0.25) is 0 Å². The van der Waals surface area contributed by atoms with Crippen LogP contribution >= 0.6 is 0 Å². The third-order valence-corrected chi connectivity index (χ3v) is 5.63. The number of urea groups is 1. The van der Waals surface area contributed by atoms with E-state index in [1.54, 1.807) is 0 Å². The molecule has 1 aromatic rings. The van der Waals surface area contributed by atoms with Crippen LogP contribution in [0.1, 0.15) is 45.6 Å². The van der Waals surface area contributed by atoms with Gasteiger partial charge in [-0.05, 0) is 29.2 Å². The van der Waals surface area contributed by atoms with E-state index in [9.17, 15) is 9.90 Å². The lowest BCUT2D eigenvalue weighted by Gasteiger charge is -2.37. The van der Waals surface area contributed by atoms with Crippen LogP contribution in [0.15, 0.2) is 30.3 Å². The molecule has 0 aliphatic carbocycles. The third kappa shape index (κ3) is 4.50. The molecule has 4 heteroatoms. The Labute approximate surface area is 146 Å². The van der Waals surface area contributed by atoms with Gasteiger partial charge in [-0.1, -0.05) is 58.0 Å². The molecule has 0 aromatic heterocycles. The van der Waals surface area contributed by atoms with E-state index in [1.165, 1.54) is 0 Å². The van der Waals surface area contributed by atoms with Crippen LogP contribution in [0.25, 0.3) is 0 Å². The molecule has 4 nitrogen and oxygen atoms in total. The number of hydrogen-bond acceptors (Lipinski definition) is 2. The fraction of sp³-hybridized carbons (Fsp3) is 0.650. The molecule has 0 saturated carbocycles. The summed E-state index contributed by atoms with van der Waals surface area (Å²) in [5, 5.41) is 12.9.